The summed E-state index contributed by atoms with van der Waals surface area (Å²) in [7, 11) is 0. The number of carbonyl (C=O) groups is 1. The molecule has 0 aliphatic heterocycles. The largest absolute Gasteiger partial charge is 0.305 e. The maximum absolute atomic E-state index is 12.5. The normalized spacial score (nSPS) is 11.0. The van der Waals surface area contributed by atoms with E-state index in [-0.39, 0.29) is 5.91 Å². The fourth-order valence-corrected chi connectivity index (χ4v) is 2.92. The Labute approximate surface area is 153 Å². The maximum Gasteiger partial charge on any atom is 0.277 e. The minimum atomic E-state index is -0.258. The standard InChI is InChI=1S/C21H24N4O/c1-13(2)10-17-11-19(25-24-17)21(26)23-20-12-18(14(3)15(4)22-20)16-8-6-5-7-9-16/h5-9,11-13H,10H2,1-4H3,(H,24,25)(H,22,23,26). The van der Waals surface area contributed by atoms with Gasteiger partial charge in [-0.3, -0.25) is 9.89 Å². The van der Waals surface area contributed by atoms with E-state index in [0.29, 0.717) is 17.4 Å². The average Bonchev–Trinajstić information content (AvgIpc) is 3.06. The Hall–Kier alpha value is -2.95. The highest BCUT2D eigenvalue weighted by Gasteiger charge is 2.14. The van der Waals surface area contributed by atoms with Gasteiger partial charge in [0.25, 0.3) is 5.91 Å². The number of benzene rings is 1. The zero-order valence-corrected chi connectivity index (χ0v) is 15.6. The van der Waals surface area contributed by atoms with Crippen molar-refractivity contribution >= 4 is 11.7 Å². The van der Waals surface area contributed by atoms with Crippen LogP contribution in [0.3, 0.4) is 0 Å². The van der Waals surface area contributed by atoms with Crippen molar-refractivity contribution in [1.29, 1.82) is 0 Å². The molecule has 0 spiro atoms. The number of nitrogens with one attached hydrogen (secondary N) is 2. The summed E-state index contributed by atoms with van der Waals surface area (Å²) in [6, 6.07) is 13.8. The Bertz CT molecular complexity index is 913. The molecule has 0 radical (unpaired) electrons. The molecule has 0 saturated heterocycles. The summed E-state index contributed by atoms with van der Waals surface area (Å²) >= 11 is 0. The van der Waals surface area contributed by atoms with Gasteiger partial charge in [-0.05, 0) is 55.0 Å². The summed E-state index contributed by atoms with van der Waals surface area (Å²) in [5, 5.41) is 9.92. The van der Waals surface area contributed by atoms with Crippen molar-refractivity contribution in [2.24, 2.45) is 5.92 Å². The van der Waals surface area contributed by atoms with Gasteiger partial charge < -0.3 is 5.32 Å². The third kappa shape index (κ3) is 3.99. The van der Waals surface area contributed by atoms with Gasteiger partial charge in [0.05, 0.1) is 0 Å². The van der Waals surface area contributed by atoms with Crippen LogP contribution in [0.5, 0.6) is 0 Å². The Morgan fingerprint density at radius 3 is 2.58 bits per heavy atom. The molecule has 0 saturated carbocycles. The third-order valence-electron chi connectivity index (χ3n) is 4.33. The zero-order chi connectivity index (χ0) is 18.7. The molecule has 0 unspecified atom stereocenters. The number of aromatic amines is 1. The van der Waals surface area contributed by atoms with Crippen LogP contribution >= 0.6 is 0 Å². The molecule has 2 N–H and O–H groups in total. The van der Waals surface area contributed by atoms with Crippen molar-refractivity contribution in [3.63, 3.8) is 0 Å². The van der Waals surface area contributed by atoms with E-state index in [1.807, 2.05) is 38.1 Å². The van der Waals surface area contributed by atoms with E-state index in [0.717, 1.165) is 34.5 Å². The minimum Gasteiger partial charge on any atom is -0.305 e. The molecule has 1 aromatic carbocycles. The quantitative estimate of drug-likeness (QED) is 0.711. The number of hydrogen-bond acceptors (Lipinski definition) is 3. The molecule has 5 nitrogen and oxygen atoms in total. The van der Waals surface area contributed by atoms with Crippen LogP contribution in [0.4, 0.5) is 5.82 Å². The van der Waals surface area contributed by atoms with Crippen LogP contribution in [-0.4, -0.2) is 21.1 Å². The number of H-pyrrole nitrogens is 1. The molecule has 1 amide bonds. The third-order valence-corrected chi connectivity index (χ3v) is 4.33. The minimum absolute atomic E-state index is 0.258. The van der Waals surface area contributed by atoms with Crippen molar-refractivity contribution in [1.82, 2.24) is 15.2 Å². The number of aromatic nitrogens is 3. The first kappa shape index (κ1) is 17.9. The number of rotatable bonds is 5. The molecule has 0 bridgehead atoms. The highest BCUT2D eigenvalue weighted by molar-refractivity contribution is 6.02. The summed E-state index contributed by atoms with van der Waals surface area (Å²) in [6.07, 6.45) is 0.861. The predicted molar refractivity (Wildman–Crippen MR) is 104 cm³/mol. The van der Waals surface area contributed by atoms with Crippen LogP contribution in [-0.2, 0) is 6.42 Å². The number of hydrogen-bond donors (Lipinski definition) is 2. The molecule has 5 heteroatoms. The number of aryl methyl sites for hydroxylation is 1. The second kappa shape index (κ2) is 7.52. The van der Waals surface area contributed by atoms with Crippen LogP contribution in [0, 0.1) is 19.8 Å². The highest BCUT2D eigenvalue weighted by Crippen LogP contribution is 2.27. The molecule has 2 heterocycles. The predicted octanol–water partition coefficient (Wildman–Crippen LogP) is 4.54. The number of anilines is 1. The van der Waals surface area contributed by atoms with Crippen LogP contribution in [0.25, 0.3) is 11.1 Å². The van der Waals surface area contributed by atoms with Crippen LogP contribution < -0.4 is 5.32 Å². The van der Waals surface area contributed by atoms with Gasteiger partial charge >= 0.3 is 0 Å². The van der Waals surface area contributed by atoms with Gasteiger partial charge in [-0.2, -0.15) is 5.10 Å². The summed E-state index contributed by atoms with van der Waals surface area (Å²) in [6.45, 7) is 8.25. The lowest BCUT2D eigenvalue weighted by molar-refractivity contribution is 0.102. The molecule has 0 fully saturated rings. The number of nitrogens with zero attached hydrogens (tertiary/aromatic N) is 2. The monoisotopic (exact) mass is 348 g/mol. The lowest BCUT2D eigenvalue weighted by Gasteiger charge is -2.12. The fraction of sp³-hybridized carbons (Fsp3) is 0.286. The van der Waals surface area contributed by atoms with Gasteiger partial charge in [-0.25, -0.2) is 4.98 Å². The Kier molecular flexibility index (Phi) is 5.16. The van der Waals surface area contributed by atoms with E-state index in [9.17, 15) is 4.79 Å². The first-order valence-corrected chi connectivity index (χ1v) is 8.83. The van der Waals surface area contributed by atoms with Crippen LogP contribution in [0.2, 0.25) is 0 Å². The Morgan fingerprint density at radius 1 is 1.15 bits per heavy atom. The molecule has 0 atom stereocenters. The molecule has 134 valence electrons. The van der Waals surface area contributed by atoms with Crippen LogP contribution in [0.15, 0.2) is 42.5 Å². The van der Waals surface area contributed by atoms with E-state index < -0.39 is 0 Å². The SMILES string of the molecule is Cc1nc(NC(=O)c2cc(CC(C)C)[nH]n2)cc(-c2ccccc2)c1C. The molecular formula is C21H24N4O. The molecule has 0 aliphatic rings. The van der Waals surface area contributed by atoms with Crippen molar-refractivity contribution in [3.05, 3.63) is 65.1 Å². The summed E-state index contributed by atoms with van der Waals surface area (Å²) in [4.78, 5) is 17.0. The van der Waals surface area contributed by atoms with Crippen LogP contribution in [0.1, 0.15) is 41.3 Å². The topological polar surface area (TPSA) is 70.7 Å². The highest BCUT2D eigenvalue weighted by atomic mass is 16.2. The molecule has 26 heavy (non-hydrogen) atoms. The summed E-state index contributed by atoms with van der Waals surface area (Å²) in [5.74, 6) is 0.776. The summed E-state index contributed by atoms with van der Waals surface area (Å²) < 4.78 is 0. The second-order valence-corrected chi connectivity index (χ2v) is 6.96. The molecule has 3 rings (SSSR count). The second-order valence-electron chi connectivity index (χ2n) is 6.96. The molecule has 3 aromatic rings. The van der Waals surface area contributed by atoms with E-state index >= 15 is 0 Å². The van der Waals surface area contributed by atoms with Gasteiger partial charge in [0, 0.05) is 11.4 Å². The fourth-order valence-electron chi connectivity index (χ4n) is 2.92. The van der Waals surface area contributed by atoms with E-state index in [1.165, 1.54) is 0 Å². The van der Waals surface area contributed by atoms with Crippen molar-refractivity contribution in [2.75, 3.05) is 5.32 Å². The van der Waals surface area contributed by atoms with Gasteiger partial charge in [0.2, 0.25) is 0 Å². The van der Waals surface area contributed by atoms with Crippen molar-refractivity contribution in [2.45, 2.75) is 34.1 Å². The molecule has 0 aliphatic carbocycles. The number of amides is 1. The lowest BCUT2D eigenvalue weighted by Crippen LogP contribution is -2.14. The molecule has 2 aromatic heterocycles. The Morgan fingerprint density at radius 2 is 1.88 bits per heavy atom. The summed E-state index contributed by atoms with van der Waals surface area (Å²) in [5.41, 5.74) is 5.50. The first-order valence-electron chi connectivity index (χ1n) is 8.83. The van der Waals surface area contributed by atoms with Crippen molar-refractivity contribution in [3.8, 4) is 11.1 Å². The van der Waals surface area contributed by atoms with E-state index in [2.05, 4.69) is 46.5 Å². The maximum atomic E-state index is 12.5. The van der Waals surface area contributed by atoms with E-state index in [1.54, 1.807) is 6.07 Å². The first-order chi connectivity index (χ1) is 12.4. The number of carbonyl (C=O) groups excluding carboxylic acids is 1. The van der Waals surface area contributed by atoms with Gasteiger partial charge in [-0.15, -0.1) is 0 Å². The Balaban J connectivity index is 1.85. The van der Waals surface area contributed by atoms with Gasteiger partial charge in [-0.1, -0.05) is 44.2 Å². The van der Waals surface area contributed by atoms with E-state index in [4.69, 9.17) is 0 Å². The zero-order valence-electron chi connectivity index (χ0n) is 15.6. The van der Waals surface area contributed by atoms with Gasteiger partial charge in [0.1, 0.15) is 5.82 Å². The van der Waals surface area contributed by atoms with Gasteiger partial charge in [0.15, 0.2) is 5.69 Å². The lowest BCUT2D eigenvalue weighted by atomic mass is 10.0. The smallest absolute Gasteiger partial charge is 0.277 e. The molecular weight excluding hydrogens is 324 g/mol. The number of pyridine rings is 1. The average molecular weight is 348 g/mol. The van der Waals surface area contributed by atoms with Crippen molar-refractivity contribution < 1.29 is 4.79 Å².